The van der Waals surface area contributed by atoms with Crippen LogP contribution < -0.4 is 14.8 Å². The van der Waals surface area contributed by atoms with Gasteiger partial charge in [0.25, 0.3) is 0 Å². The van der Waals surface area contributed by atoms with Gasteiger partial charge in [-0.05, 0) is 36.8 Å². The number of ether oxygens (including phenoxy) is 2. The Hall–Kier alpha value is -1.68. The van der Waals surface area contributed by atoms with E-state index < -0.39 is 0 Å². The van der Waals surface area contributed by atoms with E-state index in [1.54, 1.807) is 7.11 Å². The smallest absolute Gasteiger partial charge is 0.162 e. The minimum atomic E-state index is 0.627. The fourth-order valence-electron chi connectivity index (χ4n) is 1.86. The first kappa shape index (κ1) is 14.7. The van der Waals surface area contributed by atoms with Crippen LogP contribution in [-0.2, 0) is 6.54 Å². The average Bonchev–Trinajstić information content (AvgIpc) is 2.48. The molecule has 0 fully saturated rings. The number of benzene rings is 2. The predicted molar refractivity (Wildman–Crippen MR) is 85.6 cm³/mol. The lowest BCUT2D eigenvalue weighted by Gasteiger charge is -2.12. The van der Waals surface area contributed by atoms with Gasteiger partial charge >= 0.3 is 0 Å². The largest absolute Gasteiger partial charge is 0.493 e. The summed E-state index contributed by atoms with van der Waals surface area (Å²) in [5.74, 6) is 1.51. The molecule has 0 aliphatic rings. The lowest BCUT2D eigenvalue weighted by atomic mass is 10.2. The number of nitrogens with one attached hydrogen (secondary N) is 1. The Morgan fingerprint density at radius 3 is 2.45 bits per heavy atom. The first-order valence-corrected chi connectivity index (χ1v) is 7.31. The second kappa shape index (κ2) is 7.20. The molecular formula is C16H18BrNO2. The normalized spacial score (nSPS) is 10.2. The number of rotatable bonds is 6. The van der Waals surface area contributed by atoms with Crippen molar-refractivity contribution >= 4 is 21.6 Å². The van der Waals surface area contributed by atoms with Crippen LogP contribution >= 0.6 is 15.9 Å². The molecule has 0 aliphatic carbocycles. The molecule has 0 bridgehead atoms. The summed E-state index contributed by atoms with van der Waals surface area (Å²) in [7, 11) is 1.65. The third kappa shape index (κ3) is 3.90. The first-order valence-electron chi connectivity index (χ1n) is 6.52. The molecule has 0 aromatic heterocycles. The van der Waals surface area contributed by atoms with Crippen molar-refractivity contribution in [2.24, 2.45) is 0 Å². The van der Waals surface area contributed by atoms with Crippen molar-refractivity contribution in [1.82, 2.24) is 0 Å². The van der Waals surface area contributed by atoms with E-state index in [-0.39, 0.29) is 0 Å². The van der Waals surface area contributed by atoms with Crippen LogP contribution in [0.25, 0.3) is 0 Å². The Morgan fingerprint density at radius 2 is 1.80 bits per heavy atom. The minimum Gasteiger partial charge on any atom is -0.493 e. The van der Waals surface area contributed by atoms with Gasteiger partial charge in [0.1, 0.15) is 0 Å². The molecule has 20 heavy (non-hydrogen) atoms. The summed E-state index contributed by atoms with van der Waals surface area (Å²) < 4.78 is 11.9. The highest BCUT2D eigenvalue weighted by Gasteiger charge is 2.05. The minimum absolute atomic E-state index is 0.627. The molecule has 0 spiro atoms. The van der Waals surface area contributed by atoms with Crippen LogP contribution in [0.3, 0.4) is 0 Å². The highest BCUT2D eigenvalue weighted by Crippen LogP contribution is 2.30. The summed E-state index contributed by atoms with van der Waals surface area (Å²) >= 11 is 3.43. The first-order chi connectivity index (χ1) is 9.72. The molecule has 0 saturated carbocycles. The van der Waals surface area contributed by atoms with E-state index >= 15 is 0 Å². The molecule has 4 heteroatoms. The van der Waals surface area contributed by atoms with Gasteiger partial charge in [-0.25, -0.2) is 0 Å². The Kier molecular flexibility index (Phi) is 5.30. The summed E-state index contributed by atoms with van der Waals surface area (Å²) in [5, 5.41) is 3.37. The quantitative estimate of drug-likeness (QED) is 0.844. The van der Waals surface area contributed by atoms with Gasteiger partial charge in [-0.1, -0.05) is 28.1 Å². The molecule has 0 aliphatic heterocycles. The van der Waals surface area contributed by atoms with Crippen LogP contribution in [0.2, 0.25) is 0 Å². The van der Waals surface area contributed by atoms with Crippen LogP contribution in [0.1, 0.15) is 12.5 Å². The van der Waals surface area contributed by atoms with E-state index in [1.807, 2.05) is 37.3 Å². The molecule has 0 radical (unpaired) electrons. The molecule has 3 nitrogen and oxygen atoms in total. The van der Waals surface area contributed by atoms with E-state index in [0.717, 1.165) is 28.2 Å². The number of halogens is 1. The Morgan fingerprint density at radius 1 is 1.05 bits per heavy atom. The summed E-state index contributed by atoms with van der Waals surface area (Å²) in [5.41, 5.74) is 2.23. The molecule has 0 heterocycles. The van der Waals surface area contributed by atoms with E-state index in [4.69, 9.17) is 9.47 Å². The lowest BCUT2D eigenvalue weighted by Crippen LogP contribution is -2.01. The molecule has 2 aromatic rings. The topological polar surface area (TPSA) is 30.5 Å². The Bertz CT molecular complexity index is 555. The van der Waals surface area contributed by atoms with Gasteiger partial charge in [-0.2, -0.15) is 0 Å². The van der Waals surface area contributed by atoms with Crippen molar-refractivity contribution in [2.45, 2.75) is 13.5 Å². The highest BCUT2D eigenvalue weighted by molar-refractivity contribution is 9.10. The van der Waals surface area contributed by atoms with Crippen molar-refractivity contribution in [1.29, 1.82) is 0 Å². The molecule has 1 N–H and O–H groups in total. The zero-order valence-corrected chi connectivity index (χ0v) is 13.2. The van der Waals surface area contributed by atoms with Crippen LogP contribution in [-0.4, -0.2) is 13.7 Å². The third-order valence-corrected chi connectivity index (χ3v) is 3.40. The predicted octanol–water partition coefficient (Wildman–Crippen LogP) is 4.47. The summed E-state index contributed by atoms with van der Waals surface area (Å²) in [4.78, 5) is 0. The monoisotopic (exact) mass is 335 g/mol. The Balaban J connectivity index is 2.04. The fourth-order valence-corrected chi connectivity index (χ4v) is 2.12. The lowest BCUT2D eigenvalue weighted by molar-refractivity contribution is 0.311. The number of hydrogen-bond donors (Lipinski definition) is 1. The summed E-state index contributed by atoms with van der Waals surface area (Å²) in [6, 6.07) is 14.1. The van der Waals surface area contributed by atoms with Crippen LogP contribution in [0, 0.1) is 0 Å². The van der Waals surface area contributed by atoms with Crippen LogP contribution in [0.4, 0.5) is 5.69 Å². The second-order valence-electron chi connectivity index (χ2n) is 4.28. The molecule has 2 aromatic carbocycles. The second-order valence-corrected chi connectivity index (χ2v) is 5.19. The van der Waals surface area contributed by atoms with E-state index in [9.17, 15) is 0 Å². The highest BCUT2D eigenvalue weighted by atomic mass is 79.9. The van der Waals surface area contributed by atoms with Gasteiger partial charge in [0.2, 0.25) is 0 Å². The van der Waals surface area contributed by atoms with E-state index in [2.05, 4.69) is 33.4 Å². The molecule has 0 unspecified atom stereocenters. The van der Waals surface area contributed by atoms with Crippen LogP contribution in [0.15, 0.2) is 46.9 Å². The SMILES string of the molecule is CCOc1ccc(NCc2ccc(Br)cc2)cc1OC. The molecule has 0 atom stereocenters. The van der Waals surface area contributed by atoms with Gasteiger partial charge in [-0.15, -0.1) is 0 Å². The van der Waals surface area contributed by atoms with Crippen molar-refractivity contribution in [2.75, 3.05) is 19.0 Å². The molecular weight excluding hydrogens is 318 g/mol. The fraction of sp³-hybridized carbons (Fsp3) is 0.250. The maximum absolute atomic E-state index is 5.50. The van der Waals surface area contributed by atoms with Gasteiger partial charge in [0.15, 0.2) is 11.5 Å². The van der Waals surface area contributed by atoms with E-state index in [0.29, 0.717) is 6.61 Å². The number of methoxy groups -OCH3 is 1. The van der Waals surface area contributed by atoms with Gasteiger partial charge in [0.05, 0.1) is 13.7 Å². The van der Waals surface area contributed by atoms with Crippen molar-refractivity contribution in [3.05, 3.63) is 52.5 Å². The van der Waals surface area contributed by atoms with Gasteiger partial charge < -0.3 is 14.8 Å². The van der Waals surface area contributed by atoms with Crippen molar-refractivity contribution in [3.8, 4) is 11.5 Å². The zero-order valence-electron chi connectivity index (χ0n) is 11.7. The van der Waals surface area contributed by atoms with Crippen LogP contribution in [0.5, 0.6) is 11.5 Å². The number of hydrogen-bond acceptors (Lipinski definition) is 3. The summed E-state index contributed by atoms with van der Waals surface area (Å²) in [6.45, 7) is 3.35. The zero-order chi connectivity index (χ0) is 14.4. The third-order valence-electron chi connectivity index (χ3n) is 2.87. The summed E-state index contributed by atoms with van der Waals surface area (Å²) in [6.07, 6.45) is 0. The number of anilines is 1. The van der Waals surface area contributed by atoms with Crippen molar-refractivity contribution < 1.29 is 9.47 Å². The maximum atomic E-state index is 5.50. The standard InChI is InChI=1S/C16H18BrNO2/c1-3-20-15-9-8-14(10-16(15)19-2)18-11-12-4-6-13(17)7-5-12/h4-10,18H,3,11H2,1-2H3. The van der Waals surface area contributed by atoms with E-state index in [1.165, 1.54) is 5.56 Å². The molecule has 106 valence electrons. The maximum Gasteiger partial charge on any atom is 0.162 e. The molecule has 0 saturated heterocycles. The average molecular weight is 336 g/mol. The van der Waals surface area contributed by atoms with Gasteiger partial charge in [-0.3, -0.25) is 0 Å². The Labute approximate surface area is 128 Å². The van der Waals surface area contributed by atoms with Crippen molar-refractivity contribution in [3.63, 3.8) is 0 Å². The molecule has 0 amide bonds. The molecule has 2 rings (SSSR count). The van der Waals surface area contributed by atoms with Gasteiger partial charge in [0, 0.05) is 22.8 Å².